The van der Waals surface area contributed by atoms with Gasteiger partial charge < -0.3 is 25.2 Å². The molecule has 0 aromatic heterocycles. The second kappa shape index (κ2) is 14.4. The molecule has 1 aliphatic carbocycles. The zero-order valence-corrected chi connectivity index (χ0v) is 21.1. The van der Waals surface area contributed by atoms with Crippen LogP contribution in [-0.4, -0.2) is 87.7 Å². The first-order valence-electron chi connectivity index (χ1n) is 11.0. The number of aliphatic imine (C=N–C) groups is 1. The molecule has 2 N–H and O–H groups in total. The van der Waals surface area contributed by atoms with Crippen LogP contribution in [-0.2, 0) is 9.53 Å². The fourth-order valence-corrected chi connectivity index (χ4v) is 4.05. The minimum Gasteiger partial charge on any atom is -0.385 e. The molecule has 170 valence electrons. The van der Waals surface area contributed by atoms with Crippen LogP contribution in [0.15, 0.2) is 4.99 Å². The van der Waals surface area contributed by atoms with Crippen molar-refractivity contribution in [1.29, 1.82) is 0 Å². The van der Waals surface area contributed by atoms with Gasteiger partial charge in [0.25, 0.3) is 0 Å². The molecular formula is C21H42IN5O2. The molecule has 0 radical (unpaired) electrons. The van der Waals surface area contributed by atoms with E-state index in [2.05, 4.69) is 27.4 Å². The zero-order chi connectivity index (χ0) is 20.4. The van der Waals surface area contributed by atoms with Gasteiger partial charge in [0, 0.05) is 59.5 Å². The summed E-state index contributed by atoms with van der Waals surface area (Å²) in [5.74, 6) is 1.49. The third-order valence-corrected chi connectivity index (χ3v) is 6.06. The summed E-state index contributed by atoms with van der Waals surface area (Å²) in [5.41, 5.74) is 0. The number of hydrogen-bond acceptors (Lipinski definition) is 4. The van der Waals surface area contributed by atoms with Crippen LogP contribution in [0.4, 0.5) is 0 Å². The van der Waals surface area contributed by atoms with E-state index in [1.807, 2.05) is 0 Å². The van der Waals surface area contributed by atoms with Gasteiger partial charge in [-0.3, -0.25) is 4.79 Å². The van der Waals surface area contributed by atoms with Crippen molar-refractivity contribution in [1.82, 2.24) is 20.4 Å². The Bertz CT molecular complexity index is 495. The highest BCUT2D eigenvalue weighted by molar-refractivity contribution is 14.0. The molecule has 2 atom stereocenters. The van der Waals surface area contributed by atoms with E-state index in [9.17, 15) is 4.79 Å². The van der Waals surface area contributed by atoms with Crippen molar-refractivity contribution in [3.05, 3.63) is 0 Å². The maximum absolute atomic E-state index is 12.0. The smallest absolute Gasteiger partial charge is 0.243 e. The summed E-state index contributed by atoms with van der Waals surface area (Å²) >= 11 is 0. The minimum atomic E-state index is 0. The summed E-state index contributed by atoms with van der Waals surface area (Å²) in [6.45, 7) is 6.66. The Morgan fingerprint density at radius 1 is 1.14 bits per heavy atom. The molecule has 2 unspecified atom stereocenters. The molecule has 1 saturated heterocycles. The standard InChI is InChI=1S/C21H41N5O2.HI/c1-17-8-5-6-9-19(17)24-21(22-16-20(27)25(2)3)23-18-10-13-26(14-11-18)12-7-15-28-4;/h17-19H,5-16H2,1-4H3,(H2,22,23,24);1H. The van der Waals surface area contributed by atoms with E-state index < -0.39 is 0 Å². The predicted molar refractivity (Wildman–Crippen MR) is 130 cm³/mol. The highest BCUT2D eigenvalue weighted by Crippen LogP contribution is 2.23. The van der Waals surface area contributed by atoms with Crippen molar-refractivity contribution in [2.75, 3.05) is 54.0 Å². The first-order chi connectivity index (χ1) is 13.5. The molecule has 1 saturated carbocycles. The fourth-order valence-electron chi connectivity index (χ4n) is 4.05. The van der Waals surface area contributed by atoms with Crippen LogP contribution in [0.3, 0.4) is 0 Å². The molecule has 2 rings (SSSR count). The van der Waals surface area contributed by atoms with E-state index in [1.54, 1.807) is 26.1 Å². The van der Waals surface area contributed by atoms with Crippen molar-refractivity contribution in [3.8, 4) is 0 Å². The molecular weight excluding hydrogens is 481 g/mol. The largest absolute Gasteiger partial charge is 0.385 e. The van der Waals surface area contributed by atoms with Gasteiger partial charge in [0.05, 0.1) is 0 Å². The number of piperidine rings is 1. The van der Waals surface area contributed by atoms with Crippen molar-refractivity contribution >= 4 is 35.8 Å². The van der Waals surface area contributed by atoms with Crippen LogP contribution in [0.5, 0.6) is 0 Å². The summed E-state index contributed by atoms with van der Waals surface area (Å²) in [7, 11) is 5.32. The molecule has 2 fully saturated rings. The number of hydrogen-bond donors (Lipinski definition) is 2. The van der Waals surface area contributed by atoms with Crippen LogP contribution >= 0.6 is 24.0 Å². The fraction of sp³-hybridized carbons (Fsp3) is 0.905. The van der Waals surface area contributed by atoms with Crippen LogP contribution in [0.25, 0.3) is 0 Å². The van der Waals surface area contributed by atoms with E-state index in [-0.39, 0.29) is 36.4 Å². The number of nitrogens with one attached hydrogen (secondary N) is 2. The molecule has 1 amide bonds. The number of carbonyl (C=O) groups excluding carboxylic acids is 1. The number of amides is 1. The van der Waals surface area contributed by atoms with E-state index >= 15 is 0 Å². The Labute approximate surface area is 194 Å². The Kier molecular flexibility index (Phi) is 13.1. The van der Waals surface area contributed by atoms with Crippen LogP contribution in [0.1, 0.15) is 51.9 Å². The van der Waals surface area contributed by atoms with Crippen molar-refractivity contribution in [2.45, 2.75) is 64.0 Å². The maximum atomic E-state index is 12.0. The van der Waals surface area contributed by atoms with E-state index in [4.69, 9.17) is 4.74 Å². The molecule has 0 bridgehead atoms. The number of likely N-dealkylation sites (tertiary alicyclic amines) is 1. The van der Waals surface area contributed by atoms with Crippen molar-refractivity contribution in [3.63, 3.8) is 0 Å². The summed E-state index contributed by atoms with van der Waals surface area (Å²) < 4.78 is 5.16. The average molecular weight is 524 g/mol. The number of methoxy groups -OCH3 is 1. The number of guanidine groups is 1. The van der Waals surface area contributed by atoms with Gasteiger partial charge in [-0.25, -0.2) is 4.99 Å². The summed E-state index contributed by atoms with van der Waals surface area (Å²) in [6, 6.07) is 0.863. The molecule has 1 aliphatic heterocycles. The van der Waals surface area contributed by atoms with Gasteiger partial charge in [-0.2, -0.15) is 0 Å². The summed E-state index contributed by atoms with van der Waals surface area (Å²) in [4.78, 5) is 20.7. The topological polar surface area (TPSA) is 69.2 Å². The first kappa shape index (κ1) is 26.4. The molecule has 8 heteroatoms. The SMILES string of the molecule is COCCCN1CCC(NC(=NCC(=O)N(C)C)NC2CCCCC2C)CC1.I. The lowest BCUT2D eigenvalue weighted by molar-refractivity contribution is -0.127. The van der Waals surface area contributed by atoms with E-state index in [0.717, 1.165) is 51.5 Å². The zero-order valence-electron chi connectivity index (χ0n) is 18.8. The van der Waals surface area contributed by atoms with Crippen molar-refractivity contribution in [2.24, 2.45) is 10.9 Å². The van der Waals surface area contributed by atoms with Gasteiger partial charge >= 0.3 is 0 Å². The third-order valence-electron chi connectivity index (χ3n) is 6.06. The monoisotopic (exact) mass is 523 g/mol. The molecule has 0 aromatic carbocycles. The number of rotatable bonds is 8. The third kappa shape index (κ3) is 9.83. The Morgan fingerprint density at radius 3 is 2.45 bits per heavy atom. The number of carbonyl (C=O) groups is 1. The highest BCUT2D eigenvalue weighted by Gasteiger charge is 2.24. The van der Waals surface area contributed by atoms with E-state index in [1.165, 1.54) is 25.7 Å². The average Bonchev–Trinajstić information content (AvgIpc) is 2.69. The molecule has 0 aromatic rings. The molecule has 29 heavy (non-hydrogen) atoms. The Balaban J connectivity index is 0.00000420. The molecule has 7 nitrogen and oxygen atoms in total. The minimum absolute atomic E-state index is 0. The van der Waals surface area contributed by atoms with Gasteiger partial charge in [-0.1, -0.05) is 19.8 Å². The number of ether oxygens (including phenoxy) is 1. The normalized spacial score (nSPS) is 23.9. The van der Waals surface area contributed by atoms with Gasteiger partial charge in [0.2, 0.25) is 5.91 Å². The van der Waals surface area contributed by atoms with Crippen LogP contribution in [0, 0.1) is 5.92 Å². The maximum Gasteiger partial charge on any atom is 0.243 e. The quantitative estimate of drug-likeness (QED) is 0.221. The number of halogens is 1. The lowest BCUT2D eigenvalue weighted by Gasteiger charge is -2.35. The summed E-state index contributed by atoms with van der Waals surface area (Å²) in [5, 5.41) is 7.26. The van der Waals surface area contributed by atoms with Crippen LogP contribution in [0.2, 0.25) is 0 Å². The van der Waals surface area contributed by atoms with Gasteiger partial charge in [0.1, 0.15) is 6.54 Å². The predicted octanol–water partition coefficient (Wildman–Crippen LogP) is 2.31. The Morgan fingerprint density at radius 2 is 1.83 bits per heavy atom. The van der Waals surface area contributed by atoms with Crippen LogP contribution < -0.4 is 10.6 Å². The van der Waals surface area contributed by atoms with Gasteiger partial charge in [-0.15, -0.1) is 24.0 Å². The second-order valence-corrected chi connectivity index (χ2v) is 8.57. The summed E-state index contributed by atoms with van der Waals surface area (Å²) in [6.07, 6.45) is 8.34. The second-order valence-electron chi connectivity index (χ2n) is 8.57. The number of nitrogens with zero attached hydrogens (tertiary/aromatic N) is 3. The Hall–Kier alpha value is -0.610. The molecule has 2 aliphatic rings. The molecule has 1 heterocycles. The molecule has 0 spiro atoms. The lowest BCUT2D eigenvalue weighted by Crippen LogP contribution is -2.52. The number of likely N-dealkylation sites (N-methyl/N-ethyl adjacent to an activating group) is 1. The first-order valence-corrected chi connectivity index (χ1v) is 11.0. The van der Waals surface area contributed by atoms with Gasteiger partial charge in [-0.05, 0) is 38.0 Å². The van der Waals surface area contributed by atoms with E-state index in [0.29, 0.717) is 18.0 Å². The van der Waals surface area contributed by atoms with Gasteiger partial charge in [0.15, 0.2) is 5.96 Å². The lowest BCUT2D eigenvalue weighted by atomic mass is 9.86. The highest BCUT2D eigenvalue weighted by atomic mass is 127. The van der Waals surface area contributed by atoms with Crippen molar-refractivity contribution < 1.29 is 9.53 Å².